The van der Waals surface area contributed by atoms with Gasteiger partial charge in [0, 0.05) is 0 Å². The molecule has 1 aliphatic rings. The third-order valence-electron chi connectivity index (χ3n) is 5.42. The largest absolute Gasteiger partial charge is 0.462 e. The Morgan fingerprint density at radius 1 is 1.23 bits per heavy atom. The van der Waals surface area contributed by atoms with Crippen molar-refractivity contribution < 1.29 is 33.7 Å². The summed E-state index contributed by atoms with van der Waals surface area (Å²) in [6.45, 7) is 9.81. The van der Waals surface area contributed by atoms with Crippen molar-refractivity contribution in [3.8, 4) is 0 Å². The number of aliphatic hydroxyl groups excluding tert-OH is 1. The molecular weight excluding hydrogens is 526 g/mol. The third kappa shape index (κ3) is 5.26. The van der Waals surface area contributed by atoms with Gasteiger partial charge in [-0.3, -0.25) is 24.4 Å². The van der Waals surface area contributed by atoms with Crippen LogP contribution in [0.3, 0.4) is 0 Å². The van der Waals surface area contributed by atoms with Crippen molar-refractivity contribution in [3.63, 3.8) is 0 Å². The van der Waals surface area contributed by atoms with Crippen LogP contribution in [-0.2, 0) is 23.8 Å². The van der Waals surface area contributed by atoms with E-state index in [1.165, 1.54) is 10.9 Å². The molecule has 4 unspecified atom stereocenters. The lowest BCUT2D eigenvalue weighted by Gasteiger charge is -2.26. The zero-order chi connectivity index (χ0) is 26.5. The maximum absolute atomic E-state index is 12.6. The summed E-state index contributed by atoms with van der Waals surface area (Å²) < 4.78 is 18.6. The van der Waals surface area contributed by atoms with E-state index in [4.69, 9.17) is 25.4 Å². The van der Waals surface area contributed by atoms with E-state index in [1.54, 1.807) is 41.5 Å². The number of rotatable bonds is 5. The zero-order valence-electron chi connectivity index (χ0n) is 20.3. The van der Waals surface area contributed by atoms with E-state index in [2.05, 4.69) is 25.9 Å². The molecule has 1 fully saturated rings. The number of aromatic amines is 1. The summed E-state index contributed by atoms with van der Waals surface area (Å²) in [6, 6.07) is 0. The van der Waals surface area contributed by atoms with Crippen LogP contribution < -0.4 is 11.2 Å². The fourth-order valence-corrected chi connectivity index (χ4v) is 4.03. The second kappa shape index (κ2) is 9.36. The van der Waals surface area contributed by atoms with Crippen LogP contribution in [0.5, 0.6) is 0 Å². The molecule has 192 valence electrons. The molecule has 0 bridgehead atoms. The molecule has 3 heterocycles. The van der Waals surface area contributed by atoms with E-state index in [9.17, 15) is 19.5 Å². The summed E-state index contributed by atoms with van der Waals surface area (Å²) in [4.78, 5) is 43.8. The molecule has 12 nitrogen and oxygen atoms in total. The molecule has 1 amide bonds. The number of carbonyl (C=O) groups is 3. The Morgan fingerprint density at radius 3 is 2.37 bits per heavy atom. The van der Waals surface area contributed by atoms with Crippen LogP contribution in [0.15, 0.2) is 10.9 Å². The number of primary amides is 1. The normalized spacial score (nSPS) is 22.9. The van der Waals surface area contributed by atoms with Gasteiger partial charge in [0.2, 0.25) is 0 Å². The summed E-state index contributed by atoms with van der Waals surface area (Å²) in [7, 11) is 0. The molecule has 0 spiro atoms. The first-order chi connectivity index (χ1) is 16.0. The SMILES string of the molecule is CC(C)(C)C(=O)OCC1OC(n2cnc(=N)c3c(C(N)=O)c(Br)[nH]c32)C(O)C1OC(=O)C(C)(C)C. The second-order valence-corrected chi connectivity index (χ2v) is 11.2. The Kier molecular flexibility index (Phi) is 7.17. The average molecular weight is 556 g/mol. The van der Waals surface area contributed by atoms with Crippen LogP contribution in [0, 0.1) is 16.2 Å². The van der Waals surface area contributed by atoms with Gasteiger partial charge >= 0.3 is 11.9 Å². The Bertz CT molecular complexity index is 1220. The number of aliphatic hydroxyl groups is 1. The predicted molar refractivity (Wildman–Crippen MR) is 126 cm³/mol. The first-order valence-corrected chi connectivity index (χ1v) is 11.7. The number of nitrogens with two attached hydrogens (primary N) is 1. The highest BCUT2D eigenvalue weighted by atomic mass is 79.9. The highest BCUT2D eigenvalue weighted by Gasteiger charge is 2.49. The Labute approximate surface area is 209 Å². The number of hydrogen-bond donors (Lipinski definition) is 4. The number of H-pyrrole nitrogens is 1. The van der Waals surface area contributed by atoms with Crippen LogP contribution in [0.4, 0.5) is 0 Å². The Morgan fingerprint density at radius 2 is 1.83 bits per heavy atom. The van der Waals surface area contributed by atoms with Crippen molar-refractivity contribution in [2.45, 2.75) is 66.1 Å². The quantitative estimate of drug-likeness (QED) is 0.400. The molecule has 0 radical (unpaired) electrons. The van der Waals surface area contributed by atoms with E-state index >= 15 is 0 Å². The van der Waals surface area contributed by atoms with Crippen LogP contribution in [-0.4, -0.2) is 62.4 Å². The number of nitrogens with one attached hydrogen (secondary N) is 2. The number of amides is 1. The number of nitrogens with zero attached hydrogens (tertiary/aromatic N) is 2. The van der Waals surface area contributed by atoms with Crippen molar-refractivity contribution in [2.24, 2.45) is 16.6 Å². The number of carbonyl (C=O) groups excluding carboxylic acids is 3. The second-order valence-electron chi connectivity index (χ2n) is 10.4. The lowest BCUT2D eigenvalue weighted by Crippen LogP contribution is -2.41. The summed E-state index contributed by atoms with van der Waals surface area (Å²) in [6.07, 6.45) is -3.48. The van der Waals surface area contributed by atoms with E-state index in [0.29, 0.717) is 0 Å². The minimum absolute atomic E-state index is 0.0192. The molecule has 3 rings (SSSR count). The number of hydrogen-bond acceptors (Lipinski definition) is 9. The lowest BCUT2D eigenvalue weighted by molar-refractivity contribution is -0.169. The first kappa shape index (κ1) is 26.8. The van der Waals surface area contributed by atoms with E-state index < -0.39 is 53.2 Å². The van der Waals surface area contributed by atoms with Gasteiger partial charge in [0.25, 0.3) is 5.91 Å². The minimum Gasteiger partial charge on any atom is -0.462 e. The highest BCUT2D eigenvalue weighted by Crippen LogP contribution is 2.35. The maximum Gasteiger partial charge on any atom is 0.311 e. The van der Waals surface area contributed by atoms with Gasteiger partial charge in [0.15, 0.2) is 17.8 Å². The molecule has 1 aliphatic heterocycles. The molecule has 2 aromatic rings. The van der Waals surface area contributed by atoms with Crippen LogP contribution in [0.2, 0.25) is 0 Å². The van der Waals surface area contributed by atoms with Gasteiger partial charge in [-0.1, -0.05) is 0 Å². The Hall–Kier alpha value is -2.77. The number of halogens is 1. The predicted octanol–water partition coefficient (Wildman–Crippen LogP) is 1.51. The Balaban J connectivity index is 2.02. The van der Waals surface area contributed by atoms with Gasteiger partial charge in [-0.05, 0) is 57.5 Å². The van der Waals surface area contributed by atoms with Crippen molar-refractivity contribution in [3.05, 3.63) is 22.0 Å². The smallest absolute Gasteiger partial charge is 0.311 e. The van der Waals surface area contributed by atoms with Crippen molar-refractivity contribution in [2.75, 3.05) is 6.61 Å². The number of fused-ring (bicyclic) bond motifs is 1. The van der Waals surface area contributed by atoms with Crippen LogP contribution >= 0.6 is 15.9 Å². The lowest BCUT2D eigenvalue weighted by atomic mass is 9.97. The molecule has 13 heteroatoms. The molecule has 35 heavy (non-hydrogen) atoms. The molecule has 1 saturated heterocycles. The standard InChI is InChI=1S/C22H30BrN5O7/c1-21(2,3)19(31)33-7-9-13(35-20(32)22(4,5)6)12(29)18(34-9)28-8-26-15(24)11-10(16(25)30)14(23)27-17(11)28/h8-9,12-13,18,24,27,29H,7H2,1-6H3,(H2,25,30). The van der Waals surface area contributed by atoms with Gasteiger partial charge in [-0.15, -0.1) is 0 Å². The first-order valence-electron chi connectivity index (χ1n) is 10.9. The average Bonchev–Trinajstić information content (AvgIpc) is 3.23. The fourth-order valence-electron chi connectivity index (χ4n) is 3.45. The van der Waals surface area contributed by atoms with Crippen molar-refractivity contribution >= 4 is 44.8 Å². The fraction of sp³-hybridized carbons (Fsp3) is 0.591. The maximum atomic E-state index is 12.6. The topological polar surface area (TPSA) is 183 Å². The van der Waals surface area contributed by atoms with E-state index in [1.807, 2.05) is 0 Å². The highest BCUT2D eigenvalue weighted by molar-refractivity contribution is 9.10. The summed E-state index contributed by atoms with van der Waals surface area (Å²) in [5.41, 5.74) is 3.86. The summed E-state index contributed by atoms with van der Waals surface area (Å²) in [5, 5.41) is 19.4. The zero-order valence-corrected chi connectivity index (χ0v) is 21.9. The van der Waals surface area contributed by atoms with Gasteiger partial charge < -0.3 is 30.0 Å². The summed E-state index contributed by atoms with van der Waals surface area (Å²) in [5.74, 6) is -1.85. The van der Waals surface area contributed by atoms with E-state index in [0.717, 1.165) is 0 Å². The molecule has 0 aliphatic carbocycles. The van der Waals surface area contributed by atoms with Crippen molar-refractivity contribution in [1.29, 1.82) is 5.41 Å². The van der Waals surface area contributed by atoms with Gasteiger partial charge in [0.1, 0.15) is 30.8 Å². The van der Waals surface area contributed by atoms with Gasteiger partial charge in [-0.2, -0.15) is 0 Å². The van der Waals surface area contributed by atoms with Crippen molar-refractivity contribution in [1.82, 2.24) is 14.5 Å². The number of esters is 2. The molecule has 5 N–H and O–H groups in total. The minimum atomic E-state index is -1.40. The number of aromatic nitrogens is 3. The van der Waals surface area contributed by atoms with E-state index in [-0.39, 0.29) is 33.3 Å². The van der Waals surface area contributed by atoms with Gasteiger partial charge in [-0.25, -0.2) is 4.98 Å². The number of ether oxygens (including phenoxy) is 3. The molecule has 0 saturated carbocycles. The molecule has 2 aromatic heterocycles. The molecular formula is C22H30BrN5O7. The third-order valence-corrected chi connectivity index (χ3v) is 6.01. The monoisotopic (exact) mass is 555 g/mol. The summed E-state index contributed by atoms with van der Waals surface area (Å²) >= 11 is 3.23. The molecule has 4 atom stereocenters. The van der Waals surface area contributed by atoms with Crippen LogP contribution in [0.1, 0.15) is 58.1 Å². The molecule has 0 aromatic carbocycles. The van der Waals surface area contributed by atoms with Gasteiger partial charge in [0.05, 0.1) is 26.4 Å². The van der Waals surface area contributed by atoms with Crippen LogP contribution in [0.25, 0.3) is 11.0 Å².